The number of H-pyrrole nitrogens is 1. The molecule has 6 heteroatoms. The molecule has 3 N–H and O–H groups in total. The number of aliphatic imine (C=N–C) groups is 1. The molecule has 2 atom stereocenters. The van der Waals surface area contributed by atoms with Gasteiger partial charge >= 0.3 is 0 Å². The summed E-state index contributed by atoms with van der Waals surface area (Å²) in [6.07, 6.45) is 10.6. The fourth-order valence-corrected chi connectivity index (χ4v) is 4.19. The zero-order valence-electron chi connectivity index (χ0n) is 16.2. The maximum atomic E-state index is 5.92. The molecule has 3 aromatic rings. The molecule has 0 spiro atoms. The second kappa shape index (κ2) is 7.64. The molecule has 2 unspecified atom stereocenters. The third kappa shape index (κ3) is 3.84. The van der Waals surface area contributed by atoms with Crippen LogP contribution in [0.25, 0.3) is 11.0 Å². The third-order valence-corrected chi connectivity index (χ3v) is 5.60. The molecule has 1 aliphatic heterocycles. The number of aromatic nitrogens is 3. The Balaban J connectivity index is 1.45. The molecule has 3 heterocycles. The zero-order valence-corrected chi connectivity index (χ0v) is 16.2. The predicted molar refractivity (Wildman–Crippen MR) is 117 cm³/mol. The van der Waals surface area contributed by atoms with E-state index >= 15 is 0 Å². The number of nitrogens with zero attached hydrogens (tertiary/aromatic N) is 4. The number of dihydropyridines is 1. The number of aromatic amines is 1. The van der Waals surface area contributed by atoms with Gasteiger partial charge in [0.05, 0.1) is 29.3 Å². The first-order valence-corrected chi connectivity index (χ1v) is 10.1. The van der Waals surface area contributed by atoms with Crippen molar-refractivity contribution in [2.24, 2.45) is 4.99 Å². The molecule has 0 amide bonds. The highest BCUT2D eigenvalue weighted by atomic mass is 15.2. The van der Waals surface area contributed by atoms with Crippen LogP contribution in [0.4, 0.5) is 5.82 Å². The summed E-state index contributed by atoms with van der Waals surface area (Å²) in [4.78, 5) is 19.8. The van der Waals surface area contributed by atoms with Crippen molar-refractivity contribution in [3.8, 4) is 0 Å². The summed E-state index contributed by atoms with van der Waals surface area (Å²) < 4.78 is 0. The lowest BCUT2D eigenvalue weighted by atomic mass is 9.89. The number of fused-ring (bicyclic) bond motifs is 2. The summed E-state index contributed by atoms with van der Waals surface area (Å²) in [5.41, 5.74) is 10.3. The van der Waals surface area contributed by atoms with Crippen molar-refractivity contribution in [3.63, 3.8) is 0 Å². The van der Waals surface area contributed by atoms with E-state index in [1.165, 1.54) is 5.57 Å². The SMILES string of the molecule is Nc1cccc(CN(Cc2nc3ccccc3[nH]2)C2C=C3C=CC=NC3CC2)n1. The van der Waals surface area contributed by atoms with Crippen molar-refractivity contribution in [1.82, 2.24) is 19.9 Å². The first-order chi connectivity index (χ1) is 14.2. The van der Waals surface area contributed by atoms with E-state index in [0.717, 1.165) is 41.9 Å². The number of pyridine rings is 1. The van der Waals surface area contributed by atoms with E-state index in [-0.39, 0.29) is 0 Å². The summed E-state index contributed by atoms with van der Waals surface area (Å²) in [5, 5.41) is 0. The number of hydrogen-bond donors (Lipinski definition) is 2. The lowest BCUT2D eigenvalue weighted by Gasteiger charge is -2.34. The minimum absolute atomic E-state index is 0.301. The molecule has 1 aromatic carbocycles. The number of nitrogen functional groups attached to an aromatic ring is 1. The normalized spacial score (nSPS) is 20.8. The molecular formula is C23H24N6. The lowest BCUT2D eigenvalue weighted by molar-refractivity contribution is 0.186. The summed E-state index contributed by atoms with van der Waals surface area (Å²) in [6, 6.07) is 14.6. The number of allylic oxidation sites excluding steroid dienone is 1. The number of para-hydroxylation sites is 2. The van der Waals surface area contributed by atoms with E-state index in [9.17, 15) is 0 Å². The van der Waals surface area contributed by atoms with Crippen LogP contribution in [0.1, 0.15) is 24.4 Å². The van der Waals surface area contributed by atoms with Crippen molar-refractivity contribution in [2.75, 3.05) is 5.73 Å². The van der Waals surface area contributed by atoms with Crippen LogP contribution >= 0.6 is 0 Å². The molecule has 2 aliphatic rings. The molecular weight excluding hydrogens is 360 g/mol. The van der Waals surface area contributed by atoms with Crippen LogP contribution in [0, 0.1) is 0 Å². The van der Waals surface area contributed by atoms with Gasteiger partial charge in [-0.05, 0) is 48.8 Å². The van der Waals surface area contributed by atoms with E-state index in [2.05, 4.69) is 38.1 Å². The summed E-state index contributed by atoms with van der Waals surface area (Å²) in [7, 11) is 0. The number of nitrogens with two attached hydrogens (primary N) is 1. The Morgan fingerprint density at radius 2 is 1.97 bits per heavy atom. The standard InChI is InChI=1S/C23H24N6/c24-22-9-3-6-17(26-22)14-29(15-23-27-20-7-1-2-8-21(20)28-23)18-10-11-19-16(13-18)5-4-12-25-19/h1-9,12-13,18-19H,10-11,14-15H2,(H2,24,26)(H,27,28). The van der Waals surface area contributed by atoms with Crippen LogP contribution < -0.4 is 5.73 Å². The van der Waals surface area contributed by atoms with Crippen molar-refractivity contribution in [2.45, 2.75) is 38.0 Å². The van der Waals surface area contributed by atoms with Gasteiger partial charge in [0.2, 0.25) is 0 Å². The molecule has 0 bridgehead atoms. The second-order valence-corrected chi connectivity index (χ2v) is 7.64. The van der Waals surface area contributed by atoms with Crippen LogP contribution in [0.2, 0.25) is 0 Å². The van der Waals surface area contributed by atoms with Gasteiger partial charge in [0, 0.05) is 18.8 Å². The highest BCUT2D eigenvalue weighted by molar-refractivity contribution is 5.75. The average molecular weight is 384 g/mol. The van der Waals surface area contributed by atoms with Crippen LogP contribution in [-0.4, -0.2) is 38.2 Å². The second-order valence-electron chi connectivity index (χ2n) is 7.64. The number of nitrogens with one attached hydrogen (secondary N) is 1. The molecule has 146 valence electrons. The molecule has 1 aliphatic carbocycles. The molecule has 5 rings (SSSR count). The van der Waals surface area contributed by atoms with E-state index in [0.29, 0.717) is 24.4 Å². The first-order valence-electron chi connectivity index (χ1n) is 10.1. The van der Waals surface area contributed by atoms with Gasteiger partial charge in [-0.2, -0.15) is 0 Å². The van der Waals surface area contributed by atoms with Gasteiger partial charge in [-0.1, -0.05) is 30.4 Å². The smallest absolute Gasteiger partial charge is 0.123 e. The molecule has 29 heavy (non-hydrogen) atoms. The van der Waals surface area contributed by atoms with E-state index < -0.39 is 0 Å². The van der Waals surface area contributed by atoms with Crippen molar-refractivity contribution in [1.29, 1.82) is 0 Å². The number of imidazole rings is 1. The summed E-state index contributed by atoms with van der Waals surface area (Å²) in [5.74, 6) is 1.52. The van der Waals surface area contributed by atoms with Gasteiger partial charge in [0.1, 0.15) is 11.6 Å². The molecule has 6 nitrogen and oxygen atoms in total. The van der Waals surface area contributed by atoms with Crippen molar-refractivity contribution >= 4 is 23.1 Å². The Morgan fingerprint density at radius 3 is 2.86 bits per heavy atom. The van der Waals surface area contributed by atoms with Crippen LogP contribution in [0.5, 0.6) is 0 Å². The average Bonchev–Trinajstić information content (AvgIpc) is 3.15. The first kappa shape index (κ1) is 17.8. The Kier molecular flexibility index (Phi) is 4.69. The monoisotopic (exact) mass is 384 g/mol. The van der Waals surface area contributed by atoms with E-state index in [1.54, 1.807) is 0 Å². The molecule has 0 radical (unpaired) electrons. The molecule has 2 aromatic heterocycles. The van der Waals surface area contributed by atoms with E-state index in [4.69, 9.17) is 10.7 Å². The van der Waals surface area contributed by atoms with Gasteiger partial charge in [0.25, 0.3) is 0 Å². The molecule has 0 saturated heterocycles. The highest BCUT2D eigenvalue weighted by Gasteiger charge is 2.27. The quantitative estimate of drug-likeness (QED) is 0.703. The Morgan fingerprint density at radius 1 is 1.03 bits per heavy atom. The topological polar surface area (TPSA) is 83.2 Å². The van der Waals surface area contributed by atoms with Crippen molar-refractivity contribution in [3.05, 3.63) is 77.8 Å². The zero-order chi connectivity index (χ0) is 19.6. The fraction of sp³-hybridized carbons (Fsp3) is 0.261. The highest BCUT2D eigenvalue weighted by Crippen LogP contribution is 2.29. The minimum atomic E-state index is 0.301. The van der Waals surface area contributed by atoms with Crippen molar-refractivity contribution < 1.29 is 0 Å². The minimum Gasteiger partial charge on any atom is -0.384 e. The Bertz CT molecular complexity index is 1080. The molecule has 0 saturated carbocycles. The van der Waals surface area contributed by atoms with Gasteiger partial charge in [-0.15, -0.1) is 0 Å². The number of hydrogen-bond acceptors (Lipinski definition) is 5. The van der Waals surface area contributed by atoms with Gasteiger partial charge in [-0.25, -0.2) is 9.97 Å². The Hall–Kier alpha value is -3.25. The third-order valence-electron chi connectivity index (χ3n) is 5.60. The number of benzene rings is 1. The van der Waals surface area contributed by atoms with Crippen LogP contribution in [-0.2, 0) is 13.1 Å². The van der Waals surface area contributed by atoms with Gasteiger partial charge < -0.3 is 10.7 Å². The van der Waals surface area contributed by atoms with Gasteiger partial charge in [-0.3, -0.25) is 9.89 Å². The maximum absolute atomic E-state index is 5.92. The summed E-state index contributed by atoms with van der Waals surface area (Å²) in [6.45, 7) is 1.44. The number of rotatable bonds is 5. The molecule has 0 fully saturated rings. The summed E-state index contributed by atoms with van der Waals surface area (Å²) >= 11 is 0. The fourth-order valence-electron chi connectivity index (χ4n) is 4.19. The van der Waals surface area contributed by atoms with Crippen LogP contribution in [0.3, 0.4) is 0 Å². The Labute approximate surface area is 169 Å². The predicted octanol–water partition coefficient (Wildman–Crippen LogP) is 3.64. The van der Waals surface area contributed by atoms with Crippen LogP contribution in [0.15, 0.2) is 71.3 Å². The van der Waals surface area contributed by atoms with E-state index in [1.807, 2.05) is 48.7 Å². The number of anilines is 1. The maximum Gasteiger partial charge on any atom is 0.123 e. The largest absolute Gasteiger partial charge is 0.384 e. The lowest BCUT2D eigenvalue weighted by Crippen LogP contribution is -2.37. The van der Waals surface area contributed by atoms with Gasteiger partial charge in [0.15, 0.2) is 0 Å².